The molecule has 1 nitrogen and oxygen atoms in total. The van der Waals surface area contributed by atoms with Gasteiger partial charge in [0.25, 0.3) is 0 Å². The van der Waals surface area contributed by atoms with Gasteiger partial charge in [-0.25, -0.2) is 11.6 Å². The van der Waals surface area contributed by atoms with Gasteiger partial charge in [0, 0.05) is 13.2 Å². The quantitative estimate of drug-likeness (QED) is 0.286. The van der Waals surface area contributed by atoms with E-state index in [0.29, 0.717) is 0 Å². The van der Waals surface area contributed by atoms with Gasteiger partial charge in [0.15, 0.2) is 0 Å². The van der Waals surface area contributed by atoms with Gasteiger partial charge in [0.05, 0.1) is 0 Å². The molecule has 0 saturated carbocycles. The van der Waals surface area contributed by atoms with Crippen LogP contribution in [-0.2, 0) is 26.5 Å². The summed E-state index contributed by atoms with van der Waals surface area (Å²) < 4.78 is 5.35. The Kier molecular flexibility index (Phi) is 19.8. The van der Waals surface area contributed by atoms with Gasteiger partial charge in [-0.1, -0.05) is 6.92 Å². The molecule has 0 saturated heterocycles. The van der Waals surface area contributed by atoms with Crippen LogP contribution < -0.4 is 24.8 Å². The molecule has 14 heavy (non-hydrogen) atoms. The second-order valence-corrected chi connectivity index (χ2v) is 2.67. The van der Waals surface area contributed by atoms with Crippen LogP contribution in [0.25, 0.3) is 0 Å². The van der Waals surface area contributed by atoms with Crippen LogP contribution in [0.3, 0.4) is 0 Å². The van der Waals surface area contributed by atoms with Crippen molar-refractivity contribution in [2.75, 3.05) is 13.2 Å². The first-order valence-corrected chi connectivity index (χ1v) is 4.27. The third-order valence-corrected chi connectivity index (χ3v) is 1.63. The molecule has 1 aliphatic carbocycles. The summed E-state index contributed by atoms with van der Waals surface area (Å²) in [5, 5.41) is 0. The molecular formula is C10H15Cl2OTi. The van der Waals surface area contributed by atoms with E-state index in [4.69, 9.17) is 4.74 Å². The normalized spacial score (nSPS) is 12.2. The third kappa shape index (κ3) is 9.30. The zero-order valence-corrected chi connectivity index (χ0v) is 11.4. The summed E-state index contributed by atoms with van der Waals surface area (Å²) in [6.45, 7) is 3.86. The van der Waals surface area contributed by atoms with Gasteiger partial charge < -0.3 is 29.6 Å². The van der Waals surface area contributed by atoms with Crippen molar-refractivity contribution in [2.45, 2.75) is 26.2 Å². The minimum Gasteiger partial charge on any atom is -1.00 e. The second-order valence-electron chi connectivity index (χ2n) is 2.67. The molecule has 1 rings (SSSR count). The van der Waals surface area contributed by atoms with Crippen LogP contribution in [-0.4, -0.2) is 13.2 Å². The van der Waals surface area contributed by atoms with E-state index in [9.17, 15) is 0 Å². The van der Waals surface area contributed by atoms with Crippen molar-refractivity contribution < 1.29 is 51.3 Å². The van der Waals surface area contributed by atoms with Gasteiger partial charge >= 0.3 is 21.7 Å². The third-order valence-electron chi connectivity index (χ3n) is 1.63. The minimum atomic E-state index is 0. The number of halogens is 2. The maximum atomic E-state index is 5.35. The first kappa shape index (κ1) is 20.2. The minimum absolute atomic E-state index is 0. The van der Waals surface area contributed by atoms with Crippen molar-refractivity contribution in [2.24, 2.45) is 0 Å². The SMILES string of the molecule is CCCOCCC1=[C-]CC=C1.[Cl-].[Cl-].[Ti+3]. The van der Waals surface area contributed by atoms with Crippen LogP contribution in [0, 0.1) is 6.08 Å². The number of ether oxygens (including phenoxy) is 1. The van der Waals surface area contributed by atoms with E-state index in [1.165, 1.54) is 5.57 Å². The van der Waals surface area contributed by atoms with Crippen LogP contribution in [0.4, 0.5) is 0 Å². The fraction of sp³-hybridized carbons (Fsp3) is 0.600. The number of allylic oxidation sites excluding steroid dienone is 3. The largest absolute Gasteiger partial charge is 3.00 e. The van der Waals surface area contributed by atoms with Gasteiger partial charge in [-0.3, -0.25) is 6.08 Å². The molecule has 0 atom stereocenters. The molecule has 0 aromatic carbocycles. The molecule has 1 aliphatic rings. The molecule has 0 bridgehead atoms. The molecule has 0 aromatic rings. The van der Waals surface area contributed by atoms with Crippen molar-refractivity contribution in [1.82, 2.24) is 0 Å². The smallest absolute Gasteiger partial charge is 1.00 e. The van der Waals surface area contributed by atoms with Crippen molar-refractivity contribution in [3.63, 3.8) is 0 Å². The van der Waals surface area contributed by atoms with Crippen molar-refractivity contribution in [1.29, 1.82) is 0 Å². The van der Waals surface area contributed by atoms with Crippen LogP contribution in [0.1, 0.15) is 26.2 Å². The predicted molar refractivity (Wildman–Crippen MR) is 46.2 cm³/mol. The summed E-state index contributed by atoms with van der Waals surface area (Å²) in [5.74, 6) is 0. The summed E-state index contributed by atoms with van der Waals surface area (Å²) in [6.07, 6.45) is 10.7. The second kappa shape index (κ2) is 13.7. The average molecular weight is 270 g/mol. The summed E-state index contributed by atoms with van der Waals surface area (Å²) in [6, 6.07) is 0. The summed E-state index contributed by atoms with van der Waals surface area (Å²) >= 11 is 0. The first-order valence-electron chi connectivity index (χ1n) is 4.27. The van der Waals surface area contributed by atoms with Gasteiger partial charge in [0.2, 0.25) is 0 Å². The molecule has 0 N–H and O–H groups in total. The number of hydrogen-bond donors (Lipinski definition) is 0. The van der Waals surface area contributed by atoms with E-state index >= 15 is 0 Å². The molecular weight excluding hydrogens is 255 g/mol. The zero-order valence-electron chi connectivity index (χ0n) is 8.35. The molecule has 79 valence electrons. The van der Waals surface area contributed by atoms with E-state index in [-0.39, 0.29) is 46.5 Å². The monoisotopic (exact) mass is 269 g/mol. The Morgan fingerprint density at radius 2 is 2.07 bits per heavy atom. The Morgan fingerprint density at radius 3 is 2.57 bits per heavy atom. The Bertz CT molecular complexity index is 170. The van der Waals surface area contributed by atoms with E-state index in [1.54, 1.807) is 0 Å². The Labute approximate surface area is 114 Å². The van der Waals surface area contributed by atoms with Crippen LogP contribution in [0.2, 0.25) is 0 Å². The Morgan fingerprint density at radius 1 is 1.36 bits per heavy atom. The number of hydrogen-bond acceptors (Lipinski definition) is 1. The molecule has 0 fully saturated rings. The Hall–Kier alpha value is 0.734. The molecule has 0 spiro atoms. The van der Waals surface area contributed by atoms with E-state index in [2.05, 4.69) is 25.2 Å². The first-order chi connectivity index (χ1) is 5.43. The molecule has 0 aromatic heterocycles. The van der Waals surface area contributed by atoms with E-state index in [0.717, 1.165) is 32.5 Å². The summed E-state index contributed by atoms with van der Waals surface area (Å²) in [5.41, 5.74) is 1.31. The standard InChI is InChI=1S/C10H15O.2ClH.Ti/c1-2-8-11-9-7-10-5-3-4-6-10;;;/h3,5H,2,4,7-9H2,1H3;2*1H;/q-1;;;+3/p-2. The molecule has 1 radical (unpaired) electrons. The van der Waals surface area contributed by atoms with E-state index in [1.807, 2.05) is 0 Å². The van der Waals surface area contributed by atoms with Crippen molar-refractivity contribution >= 4 is 0 Å². The topological polar surface area (TPSA) is 9.23 Å². The number of rotatable bonds is 5. The van der Waals surface area contributed by atoms with Gasteiger partial charge in [-0.05, 0) is 12.8 Å². The molecule has 0 aliphatic heterocycles. The maximum Gasteiger partial charge on any atom is 3.00 e. The van der Waals surface area contributed by atoms with Gasteiger partial charge in [-0.15, -0.1) is 6.42 Å². The predicted octanol–water partition coefficient (Wildman–Crippen LogP) is -3.50. The molecule has 0 amide bonds. The van der Waals surface area contributed by atoms with Gasteiger partial charge in [0.1, 0.15) is 0 Å². The van der Waals surface area contributed by atoms with Crippen LogP contribution in [0.5, 0.6) is 0 Å². The van der Waals surface area contributed by atoms with Gasteiger partial charge in [-0.2, -0.15) is 6.08 Å². The molecule has 0 unspecified atom stereocenters. The average Bonchev–Trinajstić information content (AvgIpc) is 2.50. The fourth-order valence-corrected chi connectivity index (χ4v) is 1.05. The maximum absolute atomic E-state index is 5.35. The van der Waals surface area contributed by atoms with E-state index < -0.39 is 0 Å². The Balaban J connectivity index is -0.000000403. The van der Waals surface area contributed by atoms with Crippen molar-refractivity contribution in [3.8, 4) is 0 Å². The summed E-state index contributed by atoms with van der Waals surface area (Å²) in [7, 11) is 0. The zero-order chi connectivity index (χ0) is 7.94. The van der Waals surface area contributed by atoms with Crippen molar-refractivity contribution in [3.05, 3.63) is 23.8 Å². The summed E-state index contributed by atoms with van der Waals surface area (Å²) in [4.78, 5) is 0. The van der Waals surface area contributed by atoms with Crippen LogP contribution >= 0.6 is 0 Å². The molecule has 4 heteroatoms. The van der Waals surface area contributed by atoms with Crippen LogP contribution in [0.15, 0.2) is 17.7 Å². The fourth-order valence-electron chi connectivity index (χ4n) is 1.05. The molecule has 0 heterocycles.